The third kappa shape index (κ3) is 3.49. The first-order valence-corrected chi connectivity index (χ1v) is 5.05. The zero-order valence-electron chi connectivity index (χ0n) is 9.44. The molecular weight excluding hydrogens is 158 g/mol. The molecule has 0 atom stereocenters. The number of nitrogens with one attached hydrogen (secondary N) is 1. The fourth-order valence-corrected chi connectivity index (χ4v) is 1.26. The molecule has 0 radical (unpaired) electrons. The normalized spacial score (nSPS) is 8.69. The highest BCUT2D eigenvalue weighted by Crippen LogP contribution is 2.16. The summed E-state index contributed by atoms with van der Waals surface area (Å²) in [6, 6.07) is 6.49. The van der Waals surface area contributed by atoms with Crippen molar-refractivity contribution in [2.24, 2.45) is 0 Å². The molecule has 0 fully saturated rings. The summed E-state index contributed by atoms with van der Waals surface area (Å²) >= 11 is 0. The van der Waals surface area contributed by atoms with E-state index in [1.54, 1.807) is 0 Å². The Morgan fingerprint density at radius 1 is 1.23 bits per heavy atom. The first-order valence-electron chi connectivity index (χ1n) is 5.05. The van der Waals surface area contributed by atoms with E-state index in [0.29, 0.717) is 0 Å². The Morgan fingerprint density at radius 2 is 1.85 bits per heavy atom. The third-order valence-corrected chi connectivity index (χ3v) is 1.91. The summed E-state index contributed by atoms with van der Waals surface area (Å²) < 4.78 is 0. The van der Waals surface area contributed by atoms with Crippen molar-refractivity contribution in [1.29, 1.82) is 0 Å². The van der Waals surface area contributed by atoms with Gasteiger partial charge >= 0.3 is 0 Å². The molecule has 0 saturated carbocycles. The molecule has 0 aliphatic carbocycles. The van der Waals surface area contributed by atoms with Gasteiger partial charge in [-0.15, -0.1) is 0 Å². The second-order valence-corrected chi connectivity index (χ2v) is 2.76. The Balaban J connectivity index is 0.000000671. The Morgan fingerprint density at radius 3 is 2.31 bits per heavy atom. The lowest BCUT2D eigenvalue weighted by molar-refractivity contribution is 1.13. The monoisotopic (exact) mass is 179 g/mol. The van der Waals surface area contributed by atoms with Gasteiger partial charge in [0.25, 0.3) is 0 Å². The van der Waals surface area contributed by atoms with Gasteiger partial charge in [0.2, 0.25) is 0 Å². The summed E-state index contributed by atoms with van der Waals surface area (Å²) in [5.74, 6) is 0. The van der Waals surface area contributed by atoms with Crippen molar-refractivity contribution >= 4 is 5.69 Å². The lowest BCUT2D eigenvalue weighted by Gasteiger charge is -2.07. The Kier molecular flexibility index (Phi) is 6.03. The minimum atomic E-state index is 1.10. The third-order valence-electron chi connectivity index (χ3n) is 1.91. The zero-order valence-corrected chi connectivity index (χ0v) is 9.44. The summed E-state index contributed by atoms with van der Waals surface area (Å²) in [5, 5.41) is 3.17. The molecule has 0 unspecified atom stereocenters. The van der Waals surface area contributed by atoms with Crippen LogP contribution in [-0.2, 0) is 6.42 Å². The van der Waals surface area contributed by atoms with Crippen LogP contribution in [0.15, 0.2) is 18.2 Å². The highest BCUT2D eigenvalue weighted by molar-refractivity contribution is 5.52. The number of aryl methyl sites for hydroxylation is 2. The van der Waals surface area contributed by atoms with Crippen molar-refractivity contribution in [3.63, 3.8) is 0 Å². The van der Waals surface area contributed by atoms with Crippen LogP contribution in [0.5, 0.6) is 0 Å². The van der Waals surface area contributed by atoms with Crippen LogP contribution >= 0.6 is 0 Å². The average Bonchev–Trinajstić information content (AvgIpc) is 2.20. The molecule has 0 bridgehead atoms. The minimum absolute atomic E-state index is 1.10. The minimum Gasteiger partial charge on any atom is -0.388 e. The highest BCUT2D eigenvalue weighted by Gasteiger charge is 1.96. The van der Waals surface area contributed by atoms with Gasteiger partial charge in [-0.2, -0.15) is 0 Å². The van der Waals surface area contributed by atoms with Crippen molar-refractivity contribution in [3.05, 3.63) is 29.3 Å². The van der Waals surface area contributed by atoms with Crippen molar-refractivity contribution in [2.75, 3.05) is 12.4 Å². The molecule has 0 aliphatic rings. The topological polar surface area (TPSA) is 12.0 Å². The SMILES string of the molecule is CC.CCc1cc(C)ccc1NC. The van der Waals surface area contributed by atoms with E-state index in [-0.39, 0.29) is 0 Å². The smallest absolute Gasteiger partial charge is 0.0370 e. The Hall–Kier alpha value is -0.980. The van der Waals surface area contributed by atoms with Crippen LogP contribution in [0.3, 0.4) is 0 Å². The van der Waals surface area contributed by atoms with Crippen molar-refractivity contribution in [2.45, 2.75) is 34.1 Å². The van der Waals surface area contributed by atoms with E-state index in [4.69, 9.17) is 0 Å². The molecule has 0 heterocycles. The molecule has 1 N–H and O–H groups in total. The summed E-state index contributed by atoms with van der Waals surface area (Å²) in [6.07, 6.45) is 1.10. The van der Waals surface area contributed by atoms with Gasteiger partial charge in [-0.1, -0.05) is 38.5 Å². The predicted octanol–water partition coefficient (Wildman–Crippen LogP) is 3.63. The van der Waals surface area contributed by atoms with Gasteiger partial charge in [0.05, 0.1) is 0 Å². The molecule has 0 aromatic heterocycles. The van der Waals surface area contributed by atoms with Crippen LogP contribution in [0.2, 0.25) is 0 Å². The van der Waals surface area contributed by atoms with Crippen molar-refractivity contribution < 1.29 is 0 Å². The molecule has 0 aliphatic heterocycles. The highest BCUT2D eigenvalue weighted by atomic mass is 14.8. The fraction of sp³-hybridized carbons (Fsp3) is 0.500. The number of benzene rings is 1. The predicted molar refractivity (Wildman–Crippen MR) is 61.5 cm³/mol. The van der Waals surface area contributed by atoms with Crippen LogP contribution in [0.4, 0.5) is 5.69 Å². The van der Waals surface area contributed by atoms with Gasteiger partial charge in [0.15, 0.2) is 0 Å². The lowest BCUT2D eigenvalue weighted by atomic mass is 10.1. The van der Waals surface area contributed by atoms with Crippen molar-refractivity contribution in [3.8, 4) is 0 Å². The largest absolute Gasteiger partial charge is 0.388 e. The standard InChI is InChI=1S/C10H15N.C2H6/c1-4-9-7-8(2)5-6-10(9)11-3;1-2/h5-7,11H,4H2,1-3H3;1-2H3. The molecule has 1 heteroatoms. The summed E-state index contributed by atoms with van der Waals surface area (Å²) in [7, 11) is 1.96. The summed E-state index contributed by atoms with van der Waals surface area (Å²) in [5.41, 5.74) is 3.98. The summed E-state index contributed by atoms with van der Waals surface area (Å²) in [6.45, 7) is 8.30. The molecule has 0 amide bonds. The first-order chi connectivity index (χ1) is 6.27. The van der Waals surface area contributed by atoms with Crippen LogP contribution in [0, 0.1) is 6.92 Å². The lowest BCUT2D eigenvalue weighted by Crippen LogP contribution is -1.94. The van der Waals surface area contributed by atoms with Gasteiger partial charge < -0.3 is 5.32 Å². The molecular formula is C12H21N. The quantitative estimate of drug-likeness (QED) is 0.731. The van der Waals surface area contributed by atoms with E-state index in [2.05, 4.69) is 37.4 Å². The molecule has 1 nitrogen and oxygen atoms in total. The average molecular weight is 179 g/mol. The fourth-order valence-electron chi connectivity index (χ4n) is 1.26. The Bertz CT molecular complexity index is 241. The zero-order chi connectivity index (χ0) is 10.3. The molecule has 0 saturated heterocycles. The van der Waals surface area contributed by atoms with E-state index >= 15 is 0 Å². The maximum atomic E-state index is 3.17. The first kappa shape index (κ1) is 12.0. The van der Waals surface area contributed by atoms with Gasteiger partial charge in [-0.3, -0.25) is 0 Å². The number of anilines is 1. The van der Waals surface area contributed by atoms with Crippen molar-refractivity contribution in [1.82, 2.24) is 0 Å². The second-order valence-electron chi connectivity index (χ2n) is 2.76. The van der Waals surface area contributed by atoms with Gasteiger partial charge in [-0.05, 0) is 25.0 Å². The van der Waals surface area contributed by atoms with E-state index in [1.807, 2.05) is 20.9 Å². The van der Waals surface area contributed by atoms with E-state index in [0.717, 1.165) is 6.42 Å². The van der Waals surface area contributed by atoms with Crippen LogP contribution in [-0.4, -0.2) is 7.05 Å². The molecule has 1 aromatic rings. The number of rotatable bonds is 2. The molecule has 0 spiro atoms. The number of hydrogen-bond acceptors (Lipinski definition) is 1. The van der Waals surface area contributed by atoms with Crippen LogP contribution in [0.25, 0.3) is 0 Å². The van der Waals surface area contributed by atoms with Gasteiger partial charge in [0, 0.05) is 12.7 Å². The van der Waals surface area contributed by atoms with Crippen LogP contribution in [0.1, 0.15) is 31.9 Å². The van der Waals surface area contributed by atoms with Crippen LogP contribution < -0.4 is 5.32 Å². The molecule has 13 heavy (non-hydrogen) atoms. The van der Waals surface area contributed by atoms with E-state index < -0.39 is 0 Å². The maximum absolute atomic E-state index is 3.17. The van der Waals surface area contributed by atoms with Gasteiger partial charge in [-0.25, -0.2) is 0 Å². The van der Waals surface area contributed by atoms with E-state index in [9.17, 15) is 0 Å². The molecule has 1 aromatic carbocycles. The van der Waals surface area contributed by atoms with E-state index in [1.165, 1.54) is 16.8 Å². The number of hydrogen-bond donors (Lipinski definition) is 1. The molecule has 1 rings (SSSR count). The second kappa shape index (κ2) is 6.53. The summed E-state index contributed by atoms with van der Waals surface area (Å²) in [4.78, 5) is 0. The maximum Gasteiger partial charge on any atom is 0.0370 e. The molecule has 74 valence electrons. The van der Waals surface area contributed by atoms with Gasteiger partial charge in [0.1, 0.15) is 0 Å². The Labute approximate surface area is 82.2 Å².